The van der Waals surface area contributed by atoms with Crippen molar-refractivity contribution < 1.29 is 44.4 Å². The smallest absolute Gasteiger partial charge is 0.738 e. The molecule has 0 radical (unpaired) electrons. The van der Waals surface area contributed by atoms with E-state index in [1.165, 1.54) is 7.11 Å². The molecule has 0 aliphatic carbocycles. The Labute approximate surface area is 114 Å². The van der Waals surface area contributed by atoms with E-state index in [9.17, 15) is 5.21 Å². The molecule has 0 amide bonds. The Bertz CT molecular complexity index is 147. The molecule has 1 unspecified atom stereocenters. The van der Waals surface area contributed by atoms with E-state index < -0.39 is 0 Å². The van der Waals surface area contributed by atoms with Crippen molar-refractivity contribution in [3.05, 3.63) is 5.21 Å². The third-order valence-electron chi connectivity index (χ3n) is 2.32. The number of hydrogen-bond acceptors (Lipinski definition) is 5. The standard InChI is InChI=1S/C8H21N3O3.Na/c1-10(7-5-4-6-8-12)11(2,9-13)14-3;/h9,12H,4-8H2,1-3H3;/q;+1. The minimum Gasteiger partial charge on any atom is -0.738 e. The maximum Gasteiger partial charge on any atom is 1.00 e. The number of hydrogen-bond donors (Lipinski definition) is 2. The average Bonchev–Trinajstić information content (AvgIpc) is 2.22. The van der Waals surface area contributed by atoms with Gasteiger partial charge in [0.05, 0.1) is 6.54 Å². The van der Waals surface area contributed by atoms with Gasteiger partial charge in [-0.15, -0.1) is 5.01 Å². The molecule has 0 aromatic rings. The normalized spacial score (nSPS) is 14.8. The average molecular weight is 230 g/mol. The molecule has 7 heteroatoms. The van der Waals surface area contributed by atoms with Crippen LogP contribution in [0.2, 0.25) is 0 Å². The molecule has 86 valence electrons. The number of rotatable bonds is 8. The second kappa shape index (κ2) is 9.95. The van der Waals surface area contributed by atoms with Crippen molar-refractivity contribution in [2.45, 2.75) is 19.3 Å². The molecule has 0 saturated carbocycles. The maximum atomic E-state index is 10.6. The molecule has 0 bridgehead atoms. The minimum absolute atomic E-state index is 0. The van der Waals surface area contributed by atoms with Crippen molar-refractivity contribution in [1.29, 1.82) is 0 Å². The van der Waals surface area contributed by atoms with Gasteiger partial charge in [-0.2, -0.15) is 10.4 Å². The molecule has 0 aliphatic heterocycles. The first-order valence-corrected chi connectivity index (χ1v) is 4.75. The van der Waals surface area contributed by atoms with E-state index in [0.717, 1.165) is 25.8 Å². The first kappa shape index (κ1) is 18.1. The van der Waals surface area contributed by atoms with Gasteiger partial charge in [-0.05, 0) is 24.1 Å². The van der Waals surface area contributed by atoms with Gasteiger partial charge in [0, 0.05) is 13.7 Å². The zero-order valence-corrected chi connectivity index (χ0v) is 12.2. The summed E-state index contributed by atoms with van der Waals surface area (Å²) in [5.74, 6) is 0. The zero-order valence-electron chi connectivity index (χ0n) is 10.2. The first-order valence-electron chi connectivity index (χ1n) is 4.75. The number of hydroxylamine groups is 1. The quantitative estimate of drug-likeness (QED) is 0.201. The van der Waals surface area contributed by atoms with Crippen molar-refractivity contribution >= 4 is 0 Å². The van der Waals surface area contributed by atoms with Gasteiger partial charge in [-0.3, -0.25) is 0 Å². The first-order chi connectivity index (χ1) is 6.60. The second-order valence-electron chi connectivity index (χ2n) is 3.32. The fourth-order valence-corrected chi connectivity index (χ4v) is 1.07. The van der Waals surface area contributed by atoms with E-state index in [2.05, 4.69) is 0 Å². The summed E-state index contributed by atoms with van der Waals surface area (Å²) in [7, 11) is 4.89. The van der Waals surface area contributed by atoms with Gasteiger partial charge in [0.2, 0.25) is 0 Å². The third kappa shape index (κ3) is 6.83. The number of nitrogens with one attached hydrogen (secondary N) is 1. The molecule has 1 atom stereocenters. The summed E-state index contributed by atoms with van der Waals surface area (Å²) in [5, 5.41) is 21.0. The van der Waals surface area contributed by atoms with Gasteiger partial charge in [0.25, 0.3) is 0 Å². The van der Waals surface area contributed by atoms with Crippen LogP contribution in [-0.4, -0.2) is 49.3 Å². The van der Waals surface area contributed by atoms with E-state index in [0.29, 0.717) is 0 Å². The van der Waals surface area contributed by atoms with Crippen molar-refractivity contribution in [3.8, 4) is 0 Å². The molecule has 6 nitrogen and oxygen atoms in total. The predicted molar refractivity (Wildman–Crippen MR) is 53.3 cm³/mol. The molecule has 2 N–H and O–H groups in total. The fraction of sp³-hybridized carbons (Fsp3) is 1.00. The maximum absolute atomic E-state index is 10.6. The molecular formula is C8H21N3NaO3+. The van der Waals surface area contributed by atoms with Gasteiger partial charge in [0.1, 0.15) is 14.2 Å². The molecule has 0 aliphatic rings. The summed E-state index contributed by atoms with van der Waals surface area (Å²) in [6, 6.07) is 0. The van der Waals surface area contributed by atoms with Crippen LogP contribution in [0, 0.1) is 5.21 Å². The zero-order chi connectivity index (χ0) is 11.0. The molecule has 0 spiro atoms. The summed E-state index contributed by atoms with van der Waals surface area (Å²) in [4.78, 5) is 4.70. The van der Waals surface area contributed by atoms with E-state index in [1.54, 1.807) is 19.1 Å². The Hall–Kier alpha value is 0.760. The Morgan fingerprint density at radius 3 is 2.40 bits per heavy atom. The van der Waals surface area contributed by atoms with Crippen LogP contribution in [-0.2, 0) is 4.84 Å². The van der Waals surface area contributed by atoms with E-state index in [4.69, 9.17) is 9.94 Å². The number of aliphatic hydroxyl groups is 1. The summed E-state index contributed by atoms with van der Waals surface area (Å²) in [6.45, 7) is 0.958. The van der Waals surface area contributed by atoms with Gasteiger partial charge >= 0.3 is 29.6 Å². The van der Waals surface area contributed by atoms with Crippen LogP contribution in [0.15, 0.2) is 0 Å². The monoisotopic (exact) mass is 230 g/mol. The van der Waals surface area contributed by atoms with Gasteiger partial charge in [0.15, 0.2) is 0 Å². The predicted octanol–water partition coefficient (Wildman–Crippen LogP) is -2.99. The number of quaternary nitrogens is 1. The topological polar surface area (TPSA) is 67.8 Å². The number of nitrogens with zero attached hydrogens (tertiary/aromatic N) is 2. The van der Waals surface area contributed by atoms with Crippen molar-refractivity contribution in [2.24, 2.45) is 0 Å². The van der Waals surface area contributed by atoms with E-state index in [-0.39, 0.29) is 41.0 Å². The van der Waals surface area contributed by atoms with Crippen molar-refractivity contribution in [1.82, 2.24) is 10.6 Å². The molecule has 0 aromatic heterocycles. The molecule has 0 heterocycles. The van der Waals surface area contributed by atoms with Gasteiger partial charge in [-0.25, -0.2) is 0 Å². The molecule has 0 fully saturated rings. The van der Waals surface area contributed by atoms with Gasteiger partial charge in [-0.1, -0.05) is 0 Å². The molecule has 0 aromatic carbocycles. The van der Waals surface area contributed by atoms with E-state index >= 15 is 0 Å². The molecule has 0 rings (SSSR count). The SMILES string of the molecule is CO[N+](C)(N[O-])N(C)CCCCCO.[Na+]. The van der Waals surface area contributed by atoms with Crippen LogP contribution < -0.4 is 35.1 Å². The number of unbranched alkanes of at least 4 members (excludes halogenated alkanes) is 2. The summed E-state index contributed by atoms with van der Waals surface area (Å²) < 4.78 is 0. The molecular weight excluding hydrogens is 209 g/mol. The molecule has 0 saturated heterocycles. The van der Waals surface area contributed by atoms with Crippen LogP contribution in [0.3, 0.4) is 0 Å². The third-order valence-corrected chi connectivity index (χ3v) is 2.32. The van der Waals surface area contributed by atoms with Crippen LogP contribution in [0.5, 0.6) is 0 Å². The summed E-state index contributed by atoms with van der Waals surface area (Å²) >= 11 is 0. The van der Waals surface area contributed by atoms with Crippen LogP contribution in [0.4, 0.5) is 0 Å². The Balaban J connectivity index is 0. The summed E-state index contributed by atoms with van der Waals surface area (Å²) in [6.07, 6.45) is 2.68. The molecule has 15 heavy (non-hydrogen) atoms. The van der Waals surface area contributed by atoms with Crippen LogP contribution in [0.1, 0.15) is 19.3 Å². The largest absolute Gasteiger partial charge is 1.00 e. The van der Waals surface area contributed by atoms with Crippen LogP contribution >= 0.6 is 0 Å². The van der Waals surface area contributed by atoms with Crippen molar-refractivity contribution in [3.63, 3.8) is 0 Å². The van der Waals surface area contributed by atoms with Gasteiger partial charge < -0.3 is 10.3 Å². The van der Waals surface area contributed by atoms with Crippen molar-refractivity contribution in [2.75, 3.05) is 34.4 Å². The summed E-state index contributed by atoms with van der Waals surface area (Å²) in [5.41, 5.74) is 1.81. The second-order valence-corrected chi connectivity index (χ2v) is 3.32. The Morgan fingerprint density at radius 1 is 1.40 bits per heavy atom. The van der Waals surface area contributed by atoms with E-state index in [1.807, 2.05) is 5.59 Å². The van der Waals surface area contributed by atoms with Crippen LogP contribution in [0.25, 0.3) is 0 Å². The minimum atomic E-state index is -0.293. The Morgan fingerprint density at radius 2 is 2.00 bits per heavy atom. The Kier molecular flexibility index (Phi) is 12.0. The fourth-order valence-electron chi connectivity index (χ4n) is 1.07. The number of aliphatic hydroxyl groups excluding tert-OH is 1.